The van der Waals surface area contributed by atoms with Crippen LogP contribution in [-0.2, 0) is 0 Å². The Morgan fingerprint density at radius 1 is 1.41 bits per heavy atom. The molecule has 1 aromatic rings. The van der Waals surface area contributed by atoms with Crippen molar-refractivity contribution in [2.24, 2.45) is 5.92 Å². The summed E-state index contributed by atoms with van der Waals surface area (Å²) in [6.07, 6.45) is 3.64. The first-order valence-corrected chi connectivity index (χ1v) is 5.81. The van der Waals surface area contributed by atoms with Crippen molar-refractivity contribution in [1.29, 1.82) is 0 Å². The van der Waals surface area contributed by atoms with Gasteiger partial charge < -0.3 is 9.84 Å². The van der Waals surface area contributed by atoms with Crippen molar-refractivity contribution in [1.82, 2.24) is 0 Å². The largest absolute Gasteiger partial charge is 0.492 e. The van der Waals surface area contributed by atoms with Crippen LogP contribution in [0.3, 0.4) is 0 Å². The lowest BCUT2D eigenvalue weighted by molar-refractivity contribution is 0.301. The second-order valence-electron chi connectivity index (χ2n) is 4.18. The summed E-state index contributed by atoms with van der Waals surface area (Å²) in [5.74, 6) is 6.25. The molecule has 1 saturated carbocycles. The van der Waals surface area contributed by atoms with Gasteiger partial charge in [0, 0.05) is 0 Å². The van der Waals surface area contributed by atoms with Gasteiger partial charge in [0.15, 0.2) is 0 Å². The van der Waals surface area contributed by atoms with Crippen LogP contribution in [-0.4, -0.2) is 18.3 Å². The van der Waals surface area contributed by atoms with Crippen LogP contribution >= 0.6 is 0 Å². The van der Waals surface area contributed by atoms with Gasteiger partial charge in [-0.1, -0.05) is 24.7 Å². The van der Waals surface area contributed by atoms with E-state index < -0.39 is 0 Å². The molecule has 0 saturated heterocycles. The van der Waals surface area contributed by atoms with E-state index in [1.807, 2.05) is 0 Å². The fourth-order valence-electron chi connectivity index (χ4n) is 1.60. The third-order valence-corrected chi connectivity index (χ3v) is 2.72. The highest BCUT2D eigenvalue weighted by molar-refractivity contribution is 5.46. The minimum absolute atomic E-state index is 0.238. The van der Waals surface area contributed by atoms with Crippen LogP contribution in [0, 0.1) is 23.6 Å². The van der Waals surface area contributed by atoms with E-state index in [9.17, 15) is 4.39 Å². The first-order chi connectivity index (χ1) is 8.29. The molecule has 0 bridgehead atoms. The lowest BCUT2D eigenvalue weighted by atomic mass is 10.2. The molecule has 0 heterocycles. The second kappa shape index (κ2) is 5.70. The molecular formula is C14H15FO2. The quantitative estimate of drug-likeness (QED) is 0.810. The molecule has 0 atom stereocenters. The van der Waals surface area contributed by atoms with Crippen molar-refractivity contribution >= 4 is 0 Å². The summed E-state index contributed by atoms with van der Waals surface area (Å²) >= 11 is 0. The average molecular weight is 234 g/mol. The van der Waals surface area contributed by atoms with Gasteiger partial charge in [0.05, 0.1) is 12.2 Å². The molecule has 0 aromatic heterocycles. The van der Waals surface area contributed by atoms with E-state index >= 15 is 0 Å². The molecule has 90 valence electrons. The summed E-state index contributed by atoms with van der Waals surface area (Å²) in [7, 11) is 0. The Labute approximate surface area is 100 Å². The highest BCUT2D eigenvalue weighted by Gasteiger charge is 2.20. The van der Waals surface area contributed by atoms with Crippen molar-refractivity contribution in [2.45, 2.75) is 19.3 Å². The third kappa shape index (κ3) is 3.76. The maximum absolute atomic E-state index is 13.0. The van der Waals surface area contributed by atoms with Crippen LogP contribution in [0.15, 0.2) is 18.2 Å². The van der Waals surface area contributed by atoms with Gasteiger partial charge >= 0.3 is 0 Å². The molecule has 1 aliphatic rings. The monoisotopic (exact) mass is 234 g/mol. The molecule has 1 aliphatic carbocycles. The third-order valence-electron chi connectivity index (χ3n) is 2.72. The molecule has 2 nitrogen and oxygen atoms in total. The molecule has 3 heteroatoms. The van der Waals surface area contributed by atoms with E-state index in [1.54, 1.807) is 6.07 Å². The van der Waals surface area contributed by atoms with E-state index in [2.05, 4.69) is 11.8 Å². The average Bonchev–Trinajstić information content (AvgIpc) is 3.13. The number of rotatable bonds is 4. The van der Waals surface area contributed by atoms with Gasteiger partial charge in [-0.15, -0.1) is 0 Å². The van der Waals surface area contributed by atoms with E-state index in [-0.39, 0.29) is 12.4 Å². The smallest absolute Gasteiger partial charge is 0.135 e. The highest BCUT2D eigenvalue weighted by atomic mass is 19.1. The van der Waals surface area contributed by atoms with Gasteiger partial charge in [-0.3, -0.25) is 0 Å². The fraction of sp³-hybridized carbons (Fsp3) is 0.429. The summed E-state index contributed by atoms with van der Waals surface area (Å²) in [5, 5.41) is 8.64. The Balaban J connectivity index is 2.02. The summed E-state index contributed by atoms with van der Waals surface area (Å²) in [4.78, 5) is 0. The Morgan fingerprint density at radius 3 is 2.94 bits per heavy atom. The molecule has 0 aliphatic heterocycles. The zero-order valence-corrected chi connectivity index (χ0v) is 9.58. The Bertz CT molecular complexity index is 441. The minimum atomic E-state index is -0.346. The van der Waals surface area contributed by atoms with E-state index in [1.165, 1.54) is 25.0 Å². The fourth-order valence-corrected chi connectivity index (χ4v) is 1.60. The van der Waals surface area contributed by atoms with Crippen LogP contribution in [0.2, 0.25) is 0 Å². The SMILES string of the molecule is OCC#Cc1cc(F)ccc1OCCC1CC1. The van der Waals surface area contributed by atoms with E-state index in [0.29, 0.717) is 17.9 Å². The molecule has 0 unspecified atom stereocenters. The summed E-state index contributed by atoms with van der Waals surface area (Å²) in [6, 6.07) is 4.27. The second-order valence-corrected chi connectivity index (χ2v) is 4.18. The summed E-state index contributed by atoms with van der Waals surface area (Å²) < 4.78 is 18.6. The van der Waals surface area contributed by atoms with Gasteiger partial charge in [-0.25, -0.2) is 4.39 Å². The van der Waals surface area contributed by atoms with Gasteiger partial charge in [-0.2, -0.15) is 0 Å². The lowest BCUT2D eigenvalue weighted by Gasteiger charge is -2.07. The van der Waals surface area contributed by atoms with Gasteiger partial charge in [-0.05, 0) is 30.5 Å². The van der Waals surface area contributed by atoms with Gasteiger partial charge in [0.25, 0.3) is 0 Å². The molecular weight excluding hydrogens is 219 g/mol. The number of hydrogen-bond acceptors (Lipinski definition) is 2. The van der Waals surface area contributed by atoms with Crippen LogP contribution in [0.25, 0.3) is 0 Å². The molecule has 1 fully saturated rings. The lowest BCUT2D eigenvalue weighted by Crippen LogP contribution is -2.00. The zero-order valence-electron chi connectivity index (χ0n) is 9.58. The Morgan fingerprint density at radius 2 is 2.24 bits per heavy atom. The van der Waals surface area contributed by atoms with Crippen LogP contribution < -0.4 is 4.74 Å². The van der Waals surface area contributed by atoms with E-state index in [4.69, 9.17) is 9.84 Å². The molecule has 17 heavy (non-hydrogen) atoms. The minimum Gasteiger partial charge on any atom is -0.492 e. The first-order valence-electron chi connectivity index (χ1n) is 5.81. The topological polar surface area (TPSA) is 29.5 Å². The number of benzene rings is 1. The molecule has 1 aromatic carbocycles. The molecule has 1 N–H and O–H groups in total. The van der Waals surface area contributed by atoms with Crippen molar-refractivity contribution in [3.8, 4) is 17.6 Å². The van der Waals surface area contributed by atoms with Crippen LogP contribution in [0.4, 0.5) is 4.39 Å². The van der Waals surface area contributed by atoms with Crippen molar-refractivity contribution in [3.63, 3.8) is 0 Å². The summed E-state index contributed by atoms with van der Waals surface area (Å²) in [6.45, 7) is 0.405. The normalized spacial score (nSPS) is 14.0. The number of aliphatic hydroxyl groups is 1. The number of aliphatic hydroxyl groups excluding tert-OH is 1. The molecule has 0 spiro atoms. The number of hydrogen-bond donors (Lipinski definition) is 1. The zero-order chi connectivity index (χ0) is 12.1. The first kappa shape index (κ1) is 11.9. The number of ether oxygens (including phenoxy) is 1. The number of halogens is 1. The van der Waals surface area contributed by atoms with Crippen LogP contribution in [0.5, 0.6) is 5.75 Å². The van der Waals surface area contributed by atoms with Gasteiger partial charge in [0.1, 0.15) is 18.2 Å². The summed E-state index contributed by atoms with van der Waals surface area (Å²) in [5.41, 5.74) is 0.495. The Kier molecular flexibility index (Phi) is 4.00. The molecule has 2 rings (SSSR count). The maximum atomic E-state index is 13.0. The van der Waals surface area contributed by atoms with Crippen molar-refractivity contribution in [3.05, 3.63) is 29.6 Å². The predicted octanol–water partition coefficient (Wildman–Crippen LogP) is 2.35. The molecule has 0 amide bonds. The van der Waals surface area contributed by atoms with Gasteiger partial charge in [0.2, 0.25) is 0 Å². The Hall–Kier alpha value is -1.53. The van der Waals surface area contributed by atoms with Crippen molar-refractivity contribution in [2.75, 3.05) is 13.2 Å². The van der Waals surface area contributed by atoms with Crippen LogP contribution in [0.1, 0.15) is 24.8 Å². The molecule has 0 radical (unpaired) electrons. The van der Waals surface area contributed by atoms with E-state index in [0.717, 1.165) is 12.3 Å². The maximum Gasteiger partial charge on any atom is 0.135 e. The standard InChI is InChI=1S/C14H15FO2/c15-13-5-6-14(12(10-13)2-1-8-16)17-9-7-11-3-4-11/h5-6,10-11,16H,3-4,7-9H2. The van der Waals surface area contributed by atoms with Crippen molar-refractivity contribution < 1.29 is 14.2 Å². The highest BCUT2D eigenvalue weighted by Crippen LogP contribution is 2.32. The predicted molar refractivity (Wildman–Crippen MR) is 63.2 cm³/mol.